The number of rotatable bonds is 5. The second kappa shape index (κ2) is 7.43. The Labute approximate surface area is 184 Å². The van der Waals surface area contributed by atoms with E-state index in [1.165, 1.54) is 12.0 Å². The summed E-state index contributed by atoms with van der Waals surface area (Å²) in [5, 5.41) is 0. The third-order valence-electron chi connectivity index (χ3n) is 7.19. The Morgan fingerprint density at radius 3 is 2.26 bits per heavy atom. The summed E-state index contributed by atoms with van der Waals surface area (Å²) in [5.41, 5.74) is 1.18. The molecule has 2 bridgehead atoms. The number of piperazine rings is 1. The highest BCUT2D eigenvalue weighted by molar-refractivity contribution is 6.61. The number of aromatic nitrogens is 3. The molecule has 0 aliphatic carbocycles. The first-order chi connectivity index (χ1) is 14.8. The highest BCUT2D eigenvalue weighted by Gasteiger charge is 2.52. The van der Waals surface area contributed by atoms with Crippen molar-refractivity contribution in [1.82, 2.24) is 19.9 Å². The van der Waals surface area contributed by atoms with Crippen molar-refractivity contribution in [3.05, 3.63) is 36.3 Å². The van der Waals surface area contributed by atoms with Crippen LogP contribution in [0.4, 0.5) is 5.82 Å². The minimum absolute atomic E-state index is 0.380. The van der Waals surface area contributed by atoms with Gasteiger partial charge in [0, 0.05) is 50.2 Å². The molecule has 6 rings (SSSR count). The highest BCUT2D eigenvalue weighted by atomic mass is 16.7. The SMILES string of the molecule is COc1ccc(CN2C3CC2CN(c2cnc(B4OC(C)(C)C(C)(C)O4)cn2)C3)cn1. The standard InChI is InChI=1S/C22H30BN5O3/c1-21(2)22(3,4)31-23(30-21)18-10-25-19(11-24-18)27-13-16-8-17(14-27)28(16)12-15-6-7-20(29-5)26-9-15/h6-7,9-11,16-17H,8,12-14H2,1-5H3. The zero-order valence-electron chi connectivity index (χ0n) is 18.9. The third-order valence-corrected chi connectivity index (χ3v) is 7.19. The number of anilines is 1. The van der Waals surface area contributed by atoms with E-state index in [1.807, 2.05) is 46.2 Å². The number of hydrogen-bond acceptors (Lipinski definition) is 8. The van der Waals surface area contributed by atoms with Crippen LogP contribution in [-0.4, -0.2) is 70.5 Å². The molecule has 2 atom stereocenters. The van der Waals surface area contributed by atoms with Gasteiger partial charge in [0.25, 0.3) is 0 Å². The van der Waals surface area contributed by atoms with Crippen molar-refractivity contribution < 1.29 is 14.0 Å². The number of ether oxygens (including phenoxy) is 1. The molecule has 6 heterocycles. The van der Waals surface area contributed by atoms with Crippen LogP contribution in [0.25, 0.3) is 0 Å². The molecule has 0 saturated carbocycles. The van der Waals surface area contributed by atoms with Crippen molar-refractivity contribution >= 4 is 18.5 Å². The zero-order chi connectivity index (χ0) is 21.8. The Bertz CT molecular complexity index is 909. The topological polar surface area (TPSA) is 72.8 Å². The lowest BCUT2D eigenvalue weighted by Crippen LogP contribution is -2.68. The number of methoxy groups -OCH3 is 1. The molecule has 9 heteroatoms. The van der Waals surface area contributed by atoms with Gasteiger partial charge in [-0.2, -0.15) is 0 Å². The van der Waals surface area contributed by atoms with E-state index in [0.717, 1.165) is 31.0 Å². The summed E-state index contributed by atoms with van der Waals surface area (Å²) < 4.78 is 17.3. The molecule has 4 aliphatic heterocycles. The second-order valence-electron chi connectivity index (χ2n) is 9.72. The summed E-state index contributed by atoms with van der Waals surface area (Å²) in [5.74, 6) is 1.57. The normalized spacial score (nSPS) is 26.6. The summed E-state index contributed by atoms with van der Waals surface area (Å²) >= 11 is 0. The quantitative estimate of drug-likeness (QED) is 0.673. The smallest absolute Gasteiger partial charge is 0.481 e. The fraction of sp³-hybridized carbons (Fsp3) is 0.591. The molecule has 0 N–H and O–H groups in total. The molecule has 31 heavy (non-hydrogen) atoms. The maximum atomic E-state index is 6.09. The Morgan fingerprint density at radius 2 is 1.71 bits per heavy atom. The van der Waals surface area contributed by atoms with E-state index < -0.39 is 7.12 Å². The van der Waals surface area contributed by atoms with E-state index in [4.69, 9.17) is 14.0 Å². The molecule has 0 amide bonds. The summed E-state index contributed by atoms with van der Waals surface area (Å²) in [6.45, 7) is 11.0. The molecule has 0 radical (unpaired) electrons. The number of fused-ring (bicyclic) bond motifs is 2. The summed E-state index contributed by atoms with van der Waals surface area (Å²) in [4.78, 5) is 18.5. The molecule has 2 unspecified atom stereocenters. The van der Waals surface area contributed by atoms with Crippen molar-refractivity contribution in [2.45, 2.75) is 63.9 Å². The van der Waals surface area contributed by atoms with Crippen LogP contribution in [0.3, 0.4) is 0 Å². The molecule has 2 aromatic heterocycles. The predicted octanol–water partition coefficient (Wildman–Crippen LogP) is 1.64. The Balaban J connectivity index is 1.20. The van der Waals surface area contributed by atoms with E-state index in [9.17, 15) is 0 Å². The van der Waals surface area contributed by atoms with Gasteiger partial charge in [0.1, 0.15) is 5.82 Å². The first-order valence-electron chi connectivity index (χ1n) is 10.9. The molecule has 164 valence electrons. The molecule has 0 aromatic carbocycles. The van der Waals surface area contributed by atoms with Gasteiger partial charge in [-0.3, -0.25) is 9.88 Å². The fourth-order valence-electron chi connectivity index (χ4n) is 4.55. The van der Waals surface area contributed by atoms with Crippen molar-refractivity contribution in [3.8, 4) is 5.88 Å². The fourth-order valence-corrected chi connectivity index (χ4v) is 4.55. The number of piperidine rings is 1. The maximum Gasteiger partial charge on any atom is 0.516 e. The van der Waals surface area contributed by atoms with Crippen LogP contribution in [0.5, 0.6) is 5.88 Å². The van der Waals surface area contributed by atoms with Crippen LogP contribution in [0.15, 0.2) is 30.7 Å². The summed E-state index contributed by atoms with van der Waals surface area (Å²) in [6.07, 6.45) is 6.78. The second-order valence-corrected chi connectivity index (χ2v) is 9.72. The lowest BCUT2D eigenvalue weighted by atomic mass is 9.85. The minimum Gasteiger partial charge on any atom is -0.481 e. The van der Waals surface area contributed by atoms with E-state index in [1.54, 1.807) is 13.3 Å². The predicted molar refractivity (Wildman–Crippen MR) is 118 cm³/mol. The molecule has 4 fully saturated rings. The molecule has 4 saturated heterocycles. The van der Waals surface area contributed by atoms with Gasteiger partial charge in [-0.1, -0.05) is 6.07 Å². The van der Waals surface area contributed by atoms with Crippen molar-refractivity contribution in [2.24, 2.45) is 0 Å². The van der Waals surface area contributed by atoms with Crippen LogP contribution in [0.2, 0.25) is 0 Å². The average molecular weight is 423 g/mol. The van der Waals surface area contributed by atoms with Gasteiger partial charge in [0.2, 0.25) is 5.88 Å². The number of pyridine rings is 1. The average Bonchev–Trinajstić information content (AvgIpc) is 2.99. The minimum atomic E-state index is -0.477. The Morgan fingerprint density at radius 1 is 1.00 bits per heavy atom. The molecule has 2 aromatic rings. The van der Waals surface area contributed by atoms with Gasteiger partial charge in [-0.15, -0.1) is 0 Å². The largest absolute Gasteiger partial charge is 0.516 e. The van der Waals surface area contributed by atoms with Crippen molar-refractivity contribution in [2.75, 3.05) is 25.1 Å². The van der Waals surface area contributed by atoms with E-state index in [-0.39, 0.29) is 11.2 Å². The van der Waals surface area contributed by atoms with Gasteiger partial charge >= 0.3 is 7.12 Å². The number of nitrogens with zero attached hydrogens (tertiary/aromatic N) is 5. The lowest BCUT2D eigenvalue weighted by molar-refractivity contribution is -0.00879. The van der Waals surface area contributed by atoms with Crippen LogP contribution >= 0.6 is 0 Å². The molecule has 4 aliphatic rings. The van der Waals surface area contributed by atoms with Crippen molar-refractivity contribution in [1.29, 1.82) is 0 Å². The molecular weight excluding hydrogens is 393 g/mol. The van der Waals surface area contributed by atoms with Gasteiger partial charge in [-0.25, -0.2) is 9.97 Å². The molecule has 0 spiro atoms. The summed E-state index contributed by atoms with van der Waals surface area (Å²) in [7, 11) is 1.16. The lowest BCUT2D eigenvalue weighted by Gasteiger charge is -2.56. The van der Waals surface area contributed by atoms with Crippen LogP contribution in [0.1, 0.15) is 39.7 Å². The highest BCUT2D eigenvalue weighted by Crippen LogP contribution is 2.37. The first-order valence-corrected chi connectivity index (χ1v) is 10.9. The monoisotopic (exact) mass is 423 g/mol. The van der Waals surface area contributed by atoms with E-state index >= 15 is 0 Å². The zero-order valence-corrected chi connectivity index (χ0v) is 18.9. The number of hydrogen-bond donors (Lipinski definition) is 0. The Hall–Kier alpha value is -2.23. The van der Waals surface area contributed by atoms with Gasteiger partial charge in [-0.05, 0) is 39.7 Å². The maximum absolute atomic E-state index is 6.09. The summed E-state index contributed by atoms with van der Waals surface area (Å²) in [6, 6.07) is 5.09. The Kier molecular flexibility index (Phi) is 4.95. The molecular formula is C22H30BN5O3. The van der Waals surface area contributed by atoms with Gasteiger partial charge in [0.05, 0.1) is 30.1 Å². The molecule has 8 nitrogen and oxygen atoms in total. The van der Waals surface area contributed by atoms with Crippen LogP contribution in [-0.2, 0) is 15.9 Å². The van der Waals surface area contributed by atoms with Crippen LogP contribution < -0.4 is 15.2 Å². The van der Waals surface area contributed by atoms with Crippen molar-refractivity contribution in [3.63, 3.8) is 0 Å². The van der Waals surface area contributed by atoms with Gasteiger partial charge in [0.15, 0.2) is 0 Å². The third kappa shape index (κ3) is 3.68. The van der Waals surface area contributed by atoms with Crippen LogP contribution in [0, 0.1) is 0 Å². The van der Waals surface area contributed by atoms with E-state index in [2.05, 4.69) is 30.8 Å². The van der Waals surface area contributed by atoms with E-state index in [0.29, 0.717) is 18.0 Å². The first kappa shape index (κ1) is 20.7. The van der Waals surface area contributed by atoms with Gasteiger partial charge < -0.3 is 18.9 Å².